The molecule has 4 aromatic rings. The number of piperidine rings is 1. The molecule has 5 rings (SSSR count). The van der Waals surface area contributed by atoms with E-state index < -0.39 is 9.84 Å². The van der Waals surface area contributed by atoms with Crippen LogP contribution >= 0.6 is 11.3 Å². The molecule has 2 aromatic heterocycles. The topological polar surface area (TPSA) is 120 Å². The lowest BCUT2D eigenvalue weighted by Gasteiger charge is -2.31. The zero-order valence-corrected chi connectivity index (χ0v) is 20.0. The first-order chi connectivity index (χ1) is 16.4. The Hall–Kier alpha value is -3.38. The van der Waals surface area contributed by atoms with Crippen molar-refractivity contribution in [2.45, 2.75) is 24.3 Å². The average molecular weight is 499 g/mol. The fourth-order valence-electron chi connectivity index (χ4n) is 3.92. The molecule has 0 amide bonds. The number of benzene rings is 2. The second kappa shape index (κ2) is 9.11. The monoisotopic (exact) mass is 498 g/mol. The fourth-order valence-corrected chi connectivity index (χ4v) is 5.55. The van der Waals surface area contributed by atoms with Gasteiger partial charge >= 0.3 is 5.97 Å². The Labute approximate surface area is 200 Å². The predicted octanol–water partition coefficient (Wildman–Crippen LogP) is 2.64. The minimum atomic E-state index is -3.30. The number of sulfone groups is 1. The van der Waals surface area contributed by atoms with Crippen LogP contribution in [0.15, 0.2) is 53.4 Å². The third-order valence-corrected chi connectivity index (χ3v) is 7.92. The summed E-state index contributed by atoms with van der Waals surface area (Å²) >= 11 is 1.63. The van der Waals surface area contributed by atoms with Crippen LogP contribution in [-0.2, 0) is 26.0 Å². The molecule has 1 fully saturated rings. The number of rotatable bonds is 6. The molecule has 0 spiro atoms. The first kappa shape index (κ1) is 22.4. The fraction of sp³-hybridized carbons (Fsp3) is 0.318. The Kier molecular flexibility index (Phi) is 6.00. The summed E-state index contributed by atoms with van der Waals surface area (Å²) in [6, 6.07) is 14.2. The van der Waals surface area contributed by atoms with Crippen molar-refractivity contribution in [1.29, 1.82) is 0 Å². The quantitative estimate of drug-likeness (QED) is 0.369. The summed E-state index contributed by atoms with van der Waals surface area (Å²) in [6.45, 7) is 1.32. The standard InChI is InChI=1S/C22H22N6O4S2/c1-34(30,31)17-10-8-16(9-11-17)28-20(24-25-26-28)14-32-21(29)15-5-4-12-27(13-15)22-23-18-6-2-3-7-19(18)33-22/h2-3,6-11,15H,4-5,12-14H2,1H3/t15-/m0/s1. The summed E-state index contributed by atoms with van der Waals surface area (Å²) in [4.78, 5) is 19.9. The van der Waals surface area contributed by atoms with Gasteiger partial charge in [0.15, 0.2) is 27.4 Å². The van der Waals surface area contributed by atoms with Gasteiger partial charge in [0.05, 0.1) is 26.7 Å². The number of esters is 1. The van der Waals surface area contributed by atoms with Gasteiger partial charge in [0, 0.05) is 19.3 Å². The van der Waals surface area contributed by atoms with E-state index in [1.165, 1.54) is 16.8 Å². The number of nitrogens with zero attached hydrogens (tertiary/aromatic N) is 6. The molecule has 12 heteroatoms. The normalized spacial score (nSPS) is 16.6. The van der Waals surface area contributed by atoms with E-state index >= 15 is 0 Å². The number of anilines is 1. The first-order valence-electron chi connectivity index (χ1n) is 10.7. The third kappa shape index (κ3) is 4.64. The number of fused-ring (bicyclic) bond motifs is 1. The van der Waals surface area contributed by atoms with E-state index in [1.54, 1.807) is 23.5 Å². The van der Waals surface area contributed by atoms with Gasteiger partial charge < -0.3 is 9.64 Å². The Balaban J connectivity index is 1.24. The molecule has 0 aliphatic carbocycles. The Morgan fingerprint density at radius 1 is 1.18 bits per heavy atom. The smallest absolute Gasteiger partial charge is 0.311 e. The molecule has 0 saturated carbocycles. The van der Waals surface area contributed by atoms with Crippen molar-refractivity contribution in [2.24, 2.45) is 5.92 Å². The highest BCUT2D eigenvalue weighted by molar-refractivity contribution is 7.90. The van der Waals surface area contributed by atoms with Gasteiger partial charge in [-0.05, 0) is 59.7 Å². The summed E-state index contributed by atoms with van der Waals surface area (Å²) in [5, 5.41) is 12.5. The minimum Gasteiger partial charge on any atom is -0.457 e. The molecule has 0 N–H and O–H groups in total. The number of aromatic nitrogens is 5. The number of carbonyl (C=O) groups is 1. The van der Waals surface area contributed by atoms with E-state index in [0.717, 1.165) is 41.0 Å². The molecule has 0 radical (unpaired) electrons. The predicted molar refractivity (Wildman–Crippen MR) is 127 cm³/mol. The van der Waals surface area contributed by atoms with Crippen molar-refractivity contribution < 1.29 is 17.9 Å². The zero-order valence-electron chi connectivity index (χ0n) is 18.4. The number of tetrazole rings is 1. The zero-order chi connectivity index (χ0) is 23.7. The molecule has 3 heterocycles. The molecule has 34 heavy (non-hydrogen) atoms. The molecule has 1 aliphatic heterocycles. The SMILES string of the molecule is CS(=O)(=O)c1ccc(-n2nnnc2COC(=O)[C@H]2CCCN(c3nc4ccccc4s3)C2)cc1. The van der Waals surface area contributed by atoms with Crippen LogP contribution in [0.4, 0.5) is 5.13 Å². The van der Waals surface area contributed by atoms with Crippen LogP contribution in [0.1, 0.15) is 18.7 Å². The Bertz CT molecular complexity index is 1400. The summed E-state index contributed by atoms with van der Waals surface area (Å²) < 4.78 is 31.5. The average Bonchev–Trinajstić information content (AvgIpc) is 3.49. The Morgan fingerprint density at radius 2 is 1.97 bits per heavy atom. The van der Waals surface area contributed by atoms with E-state index in [0.29, 0.717) is 18.1 Å². The van der Waals surface area contributed by atoms with Crippen molar-refractivity contribution in [2.75, 3.05) is 24.2 Å². The highest BCUT2D eigenvalue weighted by atomic mass is 32.2. The van der Waals surface area contributed by atoms with Crippen LogP contribution in [0.5, 0.6) is 0 Å². The molecule has 1 saturated heterocycles. The van der Waals surface area contributed by atoms with Gasteiger partial charge in [0.2, 0.25) is 0 Å². The van der Waals surface area contributed by atoms with E-state index in [2.05, 4.69) is 20.4 Å². The number of hydrogen-bond acceptors (Lipinski definition) is 10. The van der Waals surface area contributed by atoms with Crippen LogP contribution in [0.2, 0.25) is 0 Å². The van der Waals surface area contributed by atoms with Crippen molar-refractivity contribution in [3.8, 4) is 5.69 Å². The van der Waals surface area contributed by atoms with E-state index in [4.69, 9.17) is 9.72 Å². The van der Waals surface area contributed by atoms with Crippen molar-refractivity contribution in [3.05, 3.63) is 54.4 Å². The number of hydrogen-bond donors (Lipinski definition) is 0. The third-order valence-electron chi connectivity index (χ3n) is 5.69. The van der Waals surface area contributed by atoms with Crippen molar-refractivity contribution in [3.63, 3.8) is 0 Å². The second-order valence-electron chi connectivity index (χ2n) is 8.13. The van der Waals surface area contributed by atoms with Gasteiger partial charge in [-0.15, -0.1) is 5.10 Å². The largest absolute Gasteiger partial charge is 0.457 e. The number of ether oxygens (including phenoxy) is 1. The number of carbonyl (C=O) groups excluding carboxylic acids is 1. The van der Waals surface area contributed by atoms with E-state index in [-0.39, 0.29) is 23.4 Å². The molecular weight excluding hydrogens is 476 g/mol. The molecule has 1 aliphatic rings. The van der Waals surface area contributed by atoms with Crippen LogP contribution in [-0.4, -0.2) is 58.9 Å². The molecule has 0 bridgehead atoms. The summed E-state index contributed by atoms with van der Waals surface area (Å²) in [5.74, 6) is -0.216. The van der Waals surface area contributed by atoms with Gasteiger partial charge in [-0.2, -0.15) is 4.68 Å². The van der Waals surface area contributed by atoms with Gasteiger partial charge in [-0.1, -0.05) is 23.5 Å². The maximum absolute atomic E-state index is 12.8. The lowest BCUT2D eigenvalue weighted by Crippen LogP contribution is -2.39. The number of para-hydroxylation sites is 1. The van der Waals surface area contributed by atoms with Crippen molar-refractivity contribution >= 4 is 42.5 Å². The molecule has 1 atom stereocenters. The maximum Gasteiger partial charge on any atom is 0.311 e. The van der Waals surface area contributed by atoms with Gasteiger partial charge in [-0.25, -0.2) is 13.4 Å². The van der Waals surface area contributed by atoms with Crippen LogP contribution in [0.3, 0.4) is 0 Å². The molecule has 176 valence electrons. The molecule has 10 nitrogen and oxygen atoms in total. The highest BCUT2D eigenvalue weighted by Gasteiger charge is 2.29. The van der Waals surface area contributed by atoms with E-state index in [1.807, 2.05) is 24.3 Å². The van der Waals surface area contributed by atoms with Gasteiger partial charge in [0.1, 0.15) is 0 Å². The van der Waals surface area contributed by atoms with Crippen molar-refractivity contribution in [1.82, 2.24) is 25.2 Å². The second-order valence-corrected chi connectivity index (χ2v) is 11.2. The summed E-state index contributed by atoms with van der Waals surface area (Å²) in [5.41, 5.74) is 1.53. The maximum atomic E-state index is 12.8. The summed E-state index contributed by atoms with van der Waals surface area (Å²) in [6.07, 6.45) is 2.77. The molecular formula is C22H22N6O4S2. The lowest BCUT2D eigenvalue weighted by molar-refractivity contribution is -0.150. The van der Waals surface area contributed by atoms with Crippen LogP contribution < -0.4 is 4.90 Å². The van der Waals surface area contributed by atoms with Crippen LogP contribution in [0, 0.1) is 5.92 Å². The summed E-state index contributed by atoms with van der Waals surface area (Å²) in [7, 11) is -3.30. The molecule has 2 aromatic carbocycles. The van der Waals surface area contributed by atoms with Crippen LogP contribution in [0.25, 0.3) is 15.9 Å². The van der Waals surface area contributed by atoms with Gasteiger partial charge in [0.25, 0.3) is 0 Å². The van der Waals surface area contributed by atoms with Gasteiger partial charge in [-0.3, -0.25) is 4.79 Å². The minimum absolute atomic E-state index is 0.0860. The lowest BCUT2D eigenvalue weighted by atomic mass is 9.99. The highest BCUT2D eigenvalue weighted by Crippen LogP contribution is 2.31. The molecule has 0 unspecified atom stereocenters. The van der Waals surface area contributed by atoms with E-state index in [9.17, 15) is 13.2 Å². The first-order valence-corrected chi connectivity index (χ1v) is 13.4. The Morgan fingerprint density at radius 3 is 2.74 bits per heavy atom. The number of thiazole rings is 1.